The summed E-state index contributed by atoms with van der Waals surface area (Å²) in [5.74, 6) is 2.42. The lowest BCUT2D eigenvalue weighted by Gasteiger charge is -2.36. The normalized spacial score (nSPS) is 25.5. The Bertz CT molecular complexity index is 349. The second-order valence-corrected chi connectivity index (χ2v) is 6.35. The highest BCUT2D eigenvalue weighted by Crippen LogP contribution is 2.38. The first-order valence-electron chi connectivity index (χ1n) is 8.00. The lowest BCUT2D eigenvalue weighted by atomic mass is 9.74. The summed E-state index contributed by atoms with van der Waals surface area (Å²) in [6, 6.07) is 11.8. The van der Waals surface area contributed by atoms with E-state index in [1.807, 2.05) is 0 Å². The molecule has 1 aromatic carbocycles. The van der Waals surface area contributed by atoms with Gasteiger partial charge >= 0.3 is 0 Å². The van der Waals surface area contributed by atoms with E-state index in [1.165, 1.54) is 25.7 Å². The molecule has 1 aromatic rings. The van der Waals surface area contributed by atoms with Crippen molar-refractivity contribution in [3.8, 4) is 0 Å². The fraction of sp³-hybridized carbons (Fsp3) is 0.667. The predicted molar refractivity (Wildman–Crippen MR) is 83.4 cm³/mol. The van der Waals surface area contributed by atoms with Crippen molar-refractivity contribution in [2.24, 2.45) is 11.8 Å². The first kappa shape index (κ1) is 14.6. The Hall–Kier alpha value is -0.820. The molecular formula is C18H29N. The van der Waals surface area contributed by atoms with Gasteiger partial charge in [0.1, 0.15) is 0 Å². The summed E-state index contributed by atoms with van der Waals surface area (Å²) in [4.78, 5) is 0. The molecule has 1 saturated carbocycles. The van der Waals surface area contributed by atoms with E-state index in [-0.39, 0.29) is 0 Å². The molecule has 0 radical (unpaired) electrons. The van der Waals surface area contributed by atoms with Gasteiger partial charge in [0.2, 0.25) is 0 Å². The highest BCUT2D eigenvalue weighted by Gasteiger charge is 2.29. The van der Waals surface area contributed by atoms with Crippen LogP contribution < -0.4 is 5.32 Å². The largest absolute Gasteiger partial charge is 0.314 e. The SMILES string of the molecule is CCNC(C(C)C)C1CCC(c2ccccc2)CC1. The molecule has 106 valence electrons. The Balaban J connectivity index is 1.91. The van der Waals surface area contributed by atoms with Crippen molar-refractivity contribution >= 4 is 0 Å². The Kier molecular flexibility index (Phi) is 5.45. The van der Waals surface area contributed by atoms with Gasteiger partial charge in [0.25, 0.3) is 0 Å². The molecular weight excluding hydrogens is 230 g/mol. The number of rotatable bonds is 5. The number of nitrogens with one attached hydrogen (secondary N) is 1. The minimum atomic E-state index is 0.710. The molecule has 0 saturated heterocycles. The quantitative estimate of drug-likeness (QED) is 0.815. The molecule has 19 heavy (non-hydrogen) atoms. The topological polar surface area (TPSA) is 12.0 Å². The van der Waals surface area contributed by atoms with Crippen LogP contribution in [0.25, 0.3) is 0 Å². The third-order valence-electron chi connectivity index (χ3n) is 4.71. The van der Waals surface area contributed by atoms with Crippen molar-refractivity contribution in [2.45, 2.75) is 58.4 Å². The van der Waals surface area contributed by atoms with Gasteiger partial charge in [-0.15, -0.1) is 0 Å². The molecule has 2 rings (SSSR count). The van der Waals surface area contributed by atoms with E-state index in [2.05, 4.69) is 56.4 Å². The minimum absolute atomic E-state index is 0.710. The lowest BCUT2D eigenvalue weighted by molar-refractivity contribution is 0.213. The predicted octanol–water partition coefficient (Wildman–Crippen LogP) is 4.59. The van der Waals surface area contributed by atoms with Crippen LogP contribution in [0.2, 0.25) is 0 Å². The third-order valence-corrected chi connectivity index (χ3v) is 4.71. The van der Waals surface area contributed by atoms with Gasteiger partial charge in [0, 0.05) is 6.04 Å². The van der Waals surface area contributed by atoms with Gasteiger partial charge in [0.05, 0.1) is 0 Å². The van der Waals surface area contributed by atoms with Crippen LogP contribution in [0, 0.1) is 11.8 Å². The van der Waals surface area contributed by atoms with Gasteiger partial charge in [-0.3, -0.25) is 0 Å². The van der Waals surface area contributed by atoms with Crippen LogP contribution in [-0.4, -0.2) is 12.6 Å². The minimum Gasteiger partial charge on any atom is -0.314 e. The van der Waals surface area contributed by atoms with Crippen LogP contribution in [-0.2, 0) is 0 Å². The van der Waals surface area contributed by atoms with Crippen molar-refractivity contribution in [3.63, 3.8) is 0 Å². The van der Waals surface area contributed by atoms with Gasteiger partial charge in [0.15, 0.2) is 0 Å². The molecule has 1 unspecified atom stereocenters. The van der Waals surface area contributed by atoms with Crippen LogP contribution in [0.3, 0.4) is 0 Å². The zero-order valence-corrected chi connectivity index (χ0v) is 12.7. The van der Waals surface area contributed by atoms with Crippen LogP contribution in [0.5, 0.6) is 0 Å². The maximum Gasteiger partial charge on any atom is 0.0118 e. The van der Waals surface area contributed by atoms with Crippen molar-refractivity contribution in [3.05, 3.63) is 35.9 Å². The molecule has 0 aromatic heterocycles. The smallest absolute Gasteiger partial charge is 0.0118 e. The number of benzene rings is 1. The van der Waals surface area contributed by atoms with E-state index in [9.17, 15) is 0 Å². The maximum atomic E-state index is 3.71. The van der Waals surface area contributed by atoms with Gasteiger partial charge < -0.3 is 5.32 Å². The molecule has 1 aliphatic carbocycles. The molecule has 0 bridgehead atoms. The van der Waals surface area contributed by atoms with Crippen LogP contribution in [0.1, 0.15) is 57.9 Å². The highest BCUT2D eigenvalue weighted by atomic mass is 14.9. The second kappa shape index (κ2) is 7.09. The van der Waals surface area contributed by atoms with Gasteiger partial charge in [-0.05, 0) is 55.5 Å². The summed E-state index contributed by atoms with van der Waals surface area (Å²) < 4.78 is 0. The lowest BCUT2D eigenvalue weighted by Crippen LogP contribution is -2.41. The van der Waals surface area contributed by atoms with Crippen molar-refractivity contribution in [1.82, 2.24) is 5.32 Å². The molecule has 0 heterocycles. The third kappa shape index (κ3) is 3.82. The zero-order valence-electron chi connectivity index (χ0n) is 12.7. The maximum absolute atomic E-state index is 3.71. The Morgan fingerprint density at radius 3 is 2.21 bits per heavy atom. The summed E-state index contributed by atoms with van der Waals surface area (Å²) in [6.07, 6.45) is 5.50. The highest BCUT2D eigenvalue weighted by molar-refractivity contribution is 5.20. The van der Waals surface area contributed by atoms with Crippen LogP contribution >= 0.6 is 0 Å². The van der Waals surface area contributed by atoms with E-state index < -0.39 is 0 Å². The molecule has 0 spiro atoms. The van der Waals surface area contributed by atoms with Crippen molar-refractivity contribution < 1.29 is 0 Å². The van der Waals surface area contributed by atoms with E-state index in [4.69, 9.17) is 0 Å². The number of hydrogen-bond donors (Lipinski definition) is 1. The van der Waals surface area contributed by atoms with Gasteiger partial charge in [-0.2, -0.15) is 0 Å². The van der Waals surface area contributed by atoms with Crippen molar-refractivity contribution in [1.29, 1.82) is 0 Å². The molecule has 1 aliphatic rings. The van der Waals surface area contributed by atoms with Gasteiger partial charge in [-0.1, -0.05) is 51.1 Å². The second-order valence-electron chi connectivity index (χ2n) is 6.35. The van der Waals surface area contributed by atoms with Crippen LogP contribution in [0.15, 0.2) is 30.3 Å². The molecule has 1 fully saturated rings. The summed E-state index contributed by atoms with van der Waals surface area (Å²) in [7, 11) is 0. The molecule has 1 nitrogen and oxygen atoms in total. The fourth-order valence-corrected chi connectivity index (χ4v) is 3.72. The first-order chi connectivity index (χ1) is 9.22. The van der Waals surface area contributed by atoms with E-state index >= 15 is 0 Å². The molecule has 0 amide bonds. The standard InChI is InChI=1S/C18H29N/c1-4-19-18(14(2)3)17-12-10-16(11-13-17)15-8-6-5-7-9-15/h5-9,14,16-19H,4,10-13H2,1-3H3. The Morgan fingerprint density at radius 2 is 1.68 bits per heavy atom. The summed E-state index contributed by atoms with van der Waals surface area (Å²) >= 11 is 0. The van der Waals surface area contributed by atoms with Crippen molar-refractivity contribution in [2.75, 3.05) is 6.54 Å². The summed E-state index contributed by atoms with van der Waals surface area (Å²) in [6.45, 7) is 8.04. The fourth-order valence-electron chi connectivity index (χ4n) is 3.72. The summed E-state index contributed by atoms with van der Waals surface area (Å²) in [5.41, 5.74) is 1.55. The van der Waals surface area contributed by atoms with E-state index in [0.29, 0.717) is 6.04 Å². The average Bonchev–Trinajstić information content (AvgIpc) is 2.46. The molecule has 1 N–H and O–H groups in total. The average molecular weight is 259 g/mol. The molecule has 0 aliphatic heterocycles. The molecule has 1 atom stereocenters. The Morgan fingerprint density at radius 1 is 1.05 bits per heavy atom. The zero-order chi connectivity index (χ0) is 13.7. The summed E-state index contributed by atoms with van der Waals surface area (Å²) in [5, 5.41) is 3.71. The van der Waals surface area contributed by atoms with E-state index in [1.54, 1.807) is 5.56 Å². The Labute approximate surface area is 118 Å². The van der Waals surface area contributed by atoms with Crippen LogP contribution in [0.4, 0.5) is 0 Å². The monoisotopic (exact) mass is 259 g/mol. The first-order valence-corrected chi connectivity index (χ1v) is 8.00. The molecule has 1 heteroatoms. The van der Waals surface area contributed by atoms with Gasteiger partial charge in [-0.25, -0.2) is 0 Å². The number of hydrogen-bond acceptors (Lipinski definition) is 1. The van der Waals surface area contributed by atoms with E-state index in [0.717, 1.165) is 24.3 Å².